The van der Waals surface area contributed by atoms with E-state index >= 15 is 0 Å². The van der Waals surface area contributed by atoms with Gasteiger partial charge in [0.05, 0.1) is 5.56 Å². The molecule has 2 nitrogen and oxygen atoms in total. The van der Waals surface area contributed by atoms with Gasteiger partial charge in [-0.2, -0.15) is 13.2 Å². The predicted octanol–water partition coefficient (Wildman–Crippen LogP) is 3.83. The first-order valence-corrected chi connectivity index (χ1v) is 6.98. The normalized spacial score (nSPS) is 12.0. The maximum absolute atomic E-state index is 13.3. The number of alkyl halides is 3. The highest BCUT2D eigenvalue weighted by Crippen LogP contribution is 2.38. The van der Waals surface area contributed by atoms with E-state index in [1.165, 1.54) is 6.07 Å². The predicted molar refractivity (Wildman–Crippen MR) is 77.0 cm³/mol. The van der Waals surface area contributed by atoms with Crippen LogP contribution in [0, 0.1) is 0 Å². The van der Waals surface area contributed by atoms with Crippen molar-refractivity contribution in [2.75, 3.05) is 18.0 Å². The lowest BCUT2D eigenvalue weighted by Gasteiger charge is -2.31. The fraction of sp³-hybridized carbons (Fsp3) is 0.600. The number of halogens is 3. The van der Waals surface area contributed by atoms with Crippen molar-refractivity contribution >= 4 is 5.69 Å². The fourth-order valence-corrected chi connectivity index (χ4v) is 2.28. The summed E-state index contributed by atoms with van der Waals surface area (Å²) in [4.78, 5) is 1.80. The van der Waals surface area contributed by atoms with Gasteiger partial charge in [0.1, 0.15) is 0 Å². The minimum absolute atomic E-state index is 0.0245. The van der Waals surface area contributed by atoms with Gasteiger partial charge in [0.2, 0.25) is 0 Å². The van der Waals surface area contributed by atoms with Gasteiger partial charge < -0.3 is 10.6 Å². The van der Waals surface area contributed by atoms with Gasteiger partial charge in [-0.3, -0.25) is 0 Å². The topological polar surface area (TPSA) is 29.3 Å². The molecule has 0 aromatic heterocycles. The highest BCUT2D eigenvalue weighted by atomic mass is 19.4. The molecule has 0 aliphatic carbocycles. The second-order valence-corrected chi connectivity index (χ2v) is 5.18. The van der Waals surface area contributed by atoms with Gasteiger partial charge in [0.25, 0.3) is 0 Å². The summed E-state index contributed by atoms with van der Waals surface area (Å²) in [5.41, 5.74) is 5.75. The lowest BCUT2D eigenvalue weighted by atomic mass is 10.0. The van der Waals surface area contributed by atoms with Gasteiger partial charge in [-0.15, -0.1) is 0 Å². The Labute approximate surface area is 118 Å². The van der Waals surface area contributed by atoms with E-state index in [2.05, 4.69) is 0 Å². The van der Waals surface area contributed by atoms with Gasteiger partial charge >= 0.3 is 6.18 Å². The van der Waals surface area contributed by atoms with Crippen LogP contribution in [0.1, 0.15) is 38.3 Å². The van der Waals surface area contributed by atoms with Crippen LogP contribution in [0.4, 0.5) is 18.9 Å². The van der Waals surface area contributed by atoms with Crippen LogP contribution in [-0.2, 0) is 12.6 Å². The molecule has 0 unspecified atom stereocenters. The molecule has 1 rings (SSSR count). The zero-order valence-electron chi connectivity index (χ0n) is 12.3. The molecular weight excluding hydrogens is 265 g/mol. The van der Waals surface area contributed by atoms with Gasteiger partial charge in [-0.1, -0.05) is 13.0 Å². The second-order valence-electron chi connectivity index (χ2n) is 5.18. The van der Waals surface area contributed by atoms with Crippen molar-refractivity contribution in [1.29, 1.82) is 0 Å². The third kappa shape index (κ3) is 4.13. The molecule has 1 aromatic rings. The summed E-state index contributed by atoms with van der Waals surface area (Å²) >= 11 is 0. The standard InChI is InChI=1S/C15H23F3N2/c1-4-9-20(11(2)3)14-6-5-12(7-8-19)10-13(14)15(16,17)18/h5-6,10-11H,4,7-9,19H2,1-3H3. The average Bonchev–Trinajstić information content (AvgIpc) is 2.35. The third-order valence-corrected chi connectivity index (χ3v) is 3.20. The van der Waals surface area contributed by atoms with Crippen LogP contribution in [0.2, 0.25) is 0 Å². The van der Waals surface area contributed by atoms with Crippen molar-refractivity contribution < 1.29 is 13.2 Å². The van der Waals surface area contributed by atoms with E-state index in [0.717, 1.165) is 6.42 Å². The van der Waals surface area contributed by atoms with Crippen LogP contribution in [0.15, 0.2) is 18.2 Å². The first-order valence-electron chi connectivity index (χ1n) is 6.98. The number of hydrogen-bond acceptors (Lipinski definition) is 2. The van der Waals surface area contributed by atoms with Crippen LogP contribution in [0.5, 0.6) is 0 Å². The van der Waals surface area contributed by atoms with E-state index < -0.39 is 11.7 Å². The lowest BCUT2D eigenvalue weighted by molar-refractivity contribution is -0.137. The van der Waals surface area contributed by atoms with Crippen molar-refractivity contribution in [3.05, 3.63) is 29.3 Å². The Morgan fingerprint density at radius 2 is 1.90 bits per heavy atom. The molecule has 0 fully saturated rings. The molecule has 0 amide bonds. The van der Waals surface area contributed by atoms with Crippen molar-refractivity contribution in [1.82, 2.24) is 0 Å². The smallest absolute Gasteiger partial charge is 0.369 e. The first-order chi connectivity index (χ1) is 9.31. The molecule has 0 spiro atoms. The summed E-state index contributed by atoms with van der Waals surface area (Å²) in [6.45, 7) is 6.73. The number of nitrogens with zero attached hydrogens (tertiary/aromatic N) is 1. The minimum Gasteiger partial charge on any atom is -0.369 e. The summed E-state index contributed by atoms with van der Waals surface area (Å²) in [5, 5.41) is 0. The monoisotopic (exact) mass is 288 g/mol. The summed E-state index contributed by atoms with van der Waals surface area (Å²) in [6, 6.07) is 4.57. The van der Waals surface area contributed by atoms with E-state index in [1.54, 1.807) is 17.0 Å². The molecule has 0 saturated carbocycles. The Bertz CT molecular complexity index is 428. The maximum atomic E-state index is 13.3. The largest absolute Gasteiger partial charge is 0.418 e. The number of hydrogen-bond donors (Lipinski definition) is 1. The molecule has 0 aliphatic rings. The Balaban J connectivity index is 3.29. The number of nitrogens with two attached hydrogens (primary N) is 1. The van der Waals surface area contributed by atoms with E-state index in [0.29, 0.717) is 25.1 Å². The molecule has 0 heterocycles. The van der Waals surface area contributed by atoms with E-state index in [9.17, 15) is 13.2 Å². The molecule has 114 valence electrons. The van der Waals surface area contributed by atoms with Gasteiger partial charge in [-0.25, -0.2) is 0 Å². The van der Waals surface area contributed by atoms with Crippen molar-refractivity contribution in [2.45, 2.75) is 45.8 Å². The van der Waals surface area contributed by atoms with Gasteiger partial charge in [-0.05, 0) is 50.9 Å². The summed E-state index contributed by atoms with van der Waals surface area (Å²) < 4.78 is 39.8. The number of anilines is 1. The molecule has 0 radical (unpaired) electrons. The van der Waals surface area contributed by atoms with Crippen LogP contribution in [-0.4, -0.2) is 19.1 Å². The van der Waals surface area contributed by atoms with Crippen molar-refractivity contribution in [3.63, 3.8) is 0 Å². The average molecular weight is 288 g/mol. The quantitative estimate of drug-likeness (QED) is 0.862. The molecular formula is C15H23F3N2. The van der Waals surface area contributed by atoms with E-state index in [4.69, 9.17) is 5.73 Å². The molecule has 1 aromatic carbocycles. The van der Waals surface area contributed by atoms with Crippen LogP contribution >= 0.6 is 0 Å². The Morgan fingerprint density at radius 1 is 1.25 bits per heavy atom. The first kappa shape index (κ1) is 16.8. The number of rotatable bonds is 6. The van der Waals surface area contributed by atoms with Crippen molar-refractivity contribution in [2.24, 2.45) is 5.73 Å². The van der Waals surface area contributed by atoms with E-state index in [1.807, 2.05) is 20.8 Å². The zero-order chi connectivity index (χ0) is 15.3. The number of benzene rings is 1. The molecule has 2 N–H and O–H groups in total. The van der Waals surface area contributed by atoms with Crippen LogP contribution in [0.25, 0.3) is 0 Å². The van der Waals surface area contributed by atoms with Gasteiger partial charge in [0.15, 0.2) is 0 Å². The second kappa shape index (κ2) is 6.97. The SMILES string of the molecule is CCCN(c1ccc(CCN)cc1C(F)(F)F)C(C)C. The molecule has 0 atom stereocenters. The molecule has 0 aliphatic heterocycles. The lowest BCUT2D eigenvalue weighted by Crippen LogP contribution is -2.33. The Morgan fingerprint density at radius 3 is 2.35 bits per heavy atom. The van der Waals surface area contributed by atoms with Gasteiger partial charge in [0, 0.05) is 18.3 Å². The maximum Gasteiger partial charge on any atom is 0.418 e. The van der Waals surface area contributed by atoms with Crippen LogP contribution < -0.4 is 10.6 Å². The van der Waals surface area contributed by atoms with E-state index in [-0.39, 0.29) is 11.7 Å². The van der Waals surface area contributed by atoms with Crippen molar-refractivity contribution in [3.8, 4) is 0 Å². The highest BCUT2D eigenvalue weighted by Gasteiger charge is 2.35. The Kier molecular flexibility index (Phi) is 5.87. The molecule has 0 saturated heterocycles. The summed E-state index contributed by atoms with van der Waals surface area (Å²) in [7, 11) is 0. The molecule has 5 heteroatoms. The minimum atomic E-state index is -4.35. The fourth-order valence-electron chi connectivity index (χ4n) is 2.28. The Hall–Kier alpha value is -1.23. The zero-order valence-corrected chi connectivity index (χ0v) is 12.3. The summed E-state index contributed by atoms with van der Waals surface area (Å²) in [6.07, 6.45) is -3.08. The molecule has 20 heavy (non-hydrogen) atoms. The van der Waals surface area contributed by atoms with Crippen LogP contribution in [0.3, 0.4) is 0 Å². The third-order valence-electron chi connectivity index (χ3n) is 3.20. The molecule has 0 bridgehead atoms. The highest BCUT2D eigenvalue weighted by molar-refractivity contribution is 5.57. The summed E-state index contributed by atoms with van der Waals surface area (Å²) in [5.74, 6) is 0.